The molecule has 0 spiro atoms. The van der Waals surface area contributed by atoms with E-state index in [1.807, 2.05) is 0 Å². The van der Waals surface area contributed by atoms with Crippen LogP contribution in [0.2, 0.25) is 0 Å². The van der Waals surface area contributed by atoms with Crippen molar-refractivity contribution in [2.24, 2.45) is 13.0 Å². The smallest absolute Gasteiger partial charge is 0.339 e. The van der Waals surface area contributed by atoms with Gasteiger partial charge in [0.15, 0.2) is 0 Å². The summed E-state index contributed by atoms with van der Waals surface area (Å²) >= 11 is 0. The molecule has 1 aliphatic rings. The summed E-state index contributed by atoms with van der Waals surface area (Å²) in [5.74, 6) is -0.670. The normalized spacial score (nSPS) is 23.4. The van der Waals surface area contributed by atoms with Crippen molar-refractivity contribution < 1.29 is 15.0 Å². The summed E-state index contributed by atoms with van der Waals surface area (Å²) in [7, 11) is 1.74. The SMILES string of the molecule is Cn1ncc(C(=O)O)c1CNC1CCCC1CO. The maximum absolute atomic E-state index is 11.0. The highest BCUT2D eigenvalue weighted by Crippen LogP contribution is 2.25. The second kappa shape index (κ2) is 5.49. The van der Waals surface area contributed by atoms with Crippen LogP contribution in [0.25, 0.3) is 0 Å². The number of carboxylic acid groups (broad SMARTS) is 1. The Morgan fingerprint density at radius 1 is 1.61 bits per heavy atom. The highest BCUT2D eigenvalue weighted by molar-refractivity contribution is 5.88. The Bertz CT molecular complexity index is 430. The van der Waals surface area contributed by atoms with Gasteiger partial charge in [0.25, 0.3) is 0 Å². The second-order valence-electron chi connectivity index (χ2n) is 4.79. The first-order valence-corrected chi connectivity index (χ1v) is 6.22. The van der Waals surface area contributed by atoms with Crippen molar-refractivity contribution in [3.05, 3.63) is 17.5 Å². The third kappa shape index (κ3) is 2.54. The monoisotopic (exact) mass is 253 g/mol. The zero-order valence-corrected chi connectivity index (χ0v) is 10.5. The molecule has 2 unspecified atom stereocenters. The second-order valence-corrected chi connectivity index (χ2v) is 4.79. The maximum Gasteiger partial charge on any atom is 0.339 e. The van der Waals surface area contributed by atoms with Crippen molar-refractivity contribution in [3.63, 3.8) is 0 Å². The first kappa shape index (κ1) is 13.0. The van der Waals surface area contributed by atoms with E-state index in [9.17, 15) is 9.90 Å². The molecule has 1 aliphatic carbocycles. The van der Waals surface area contributed by atoms with Gasteiger partial charge in [-0.05, 0) is 18.8 Å². The van der Waals surface area contributed by atoms with E-state index in [0.29, 0.717) is 12.2 Å². The predicted octanol–water partition coefficient (Wildman–Crippen LogP) is 0.369. The number of carbonyl (C=O) groups is 1. The van der Waals surface area contributed by atoms with Crippen LogP contribution >= 0.6 is 0 Å². The van der Waals surface area contributed by atoms with Gasteiger partial charge in [-0.25, -0.2) is 4.79 Å². The molecule has 2 atom stereocenters. The molecule has 6 heteroatoms. The number of aromatic nitrogens is 2. The van der Waals surface area contributed by atoms with E-state index in [0.717, 1.165) is 19.3 Å². The average Bonchev–Trinajstić information content (AvgIpc) is 2.92. The summed E-state index contributed by atoms with van der Waals surface area (Å²) in [5.41, 5.74) is 0.912. The molecule has 2 rings (SSSR count). The fraction of sp³-hybridized carbons (Fsp3) is 0.667. The molecular weight excluding hydrogens is 234 g/mol. The molecular formula is C12H19N3O3. The number of aromatic carboxylic acids is 1. The molecule has 6 nitrogen and oxygen atoms in total. The molecule has 0 aromatic carbocycles. The highest BCUT2D eigenvalue weighted by Gasteiger charge is 2.26. The van der Waals surface area contributed by atoms with Crippen molar-refractivity contribution in [1.82, 2.24) is 15.1 Å². The summed E-state index contributed by atoms with van der Waals surface area (Å²) in [6.45, 7) is 0.661. The van der Waals surface area contributed by atoms with Crippen molar-refractivity contribution in [2.75, 3.05) is 6.61 Å². The molecule has 3 N–H and O–H groups in total. The number of aliphatic hydroxyl groups excluding tert-OH is 1. The van der Waals surface area contributed by atoms with Crippen molar-refractivity contribution in [2.45, 2.75) is 31.8 Å². The number of hydrogen-bond donors (Lipinski definition) is 3. The van der Waals surface area contributed by atoms with Gasteiger partial charge in [-0.15, -0.1) is 0 Å². The van der Waals surface area contributed by atoms with E-state index in [2.05, 4.69) is 10.4 Å². The van der Waals surface area contributed by atoms with Gasteiger partial charge in [0.1, 0.15) is 5.56 Å². The van der Waals surface area contributed by atoms with Gasteiger partial charge in [-0.3, -0.25) is 4.68 Å². The molecule has 18 heavy (non-hydrogen) atoms. The van der Waals surface area contributed by atoms with Crippen molar-refractivity contribution in [1.29, 1.82) is 0 Å². The summed E-state index contributed by atoms with van der Waals surface area (Å²) < 4.78 is 1.58. The summed E-state index contributed by atoms with van der Waals surface area (Å²) in [6, 6.07) is 0.270. The Morgan fingerprint density at radius 3 is 3.06 bits per heavy atom. The average molecular weight is 253 g/mol. The third-order valence-electron chi connectivity index (χ3n) is 3.72. The fourth-order valence-electron chi connectivity index (χ4n) is 2.60. The van der Waals surface area contributed by atoms with Gasteiger partial charge in [0.2, 0.25) is 0 Å². The van der Waals surface area contributed by atoms with Crippen LogP contribution in [0, 0.1) is 5.92 Å². The lowest BCUT2D eigenvalue weighted by molar-refractivity contribution is 0.0695. The number of aliphatic hydroxyl groups is 1. The predicted molar refractivity (Wildman–Crippen MR) is 65.2 cm³/mol. The van der Waals surface area contributed by atoms with Crippen LogP contribution in [0.5, 0.6) is 0 Å². The van der Waals surface area contributed by atoms with Gasteiger partial charge < -0.3 is 15.5 Å². The van der Waals surface area contributed by atoms with Gasteiger partial charge in [-0.1, -0.05) is 6.42 Å². The van der Waals surface area contributed by atoms with Gasteiger partial charge >= 0.3 is 5.97 Å². The summed E-state index contributed by atoms with van der Waals surface area (Å²) in [4.78, 5) is 11.0. The number of carboxylic acids is 1. The maximum atomic E-state index is 11.0. The van der Waals surface area contributed by atoms with Crippen LogP contribution < -0.4 is 5.32 Å². The molecule has 0 bridgehead atoms. The molecule has 1 aromatic rings. The summed E-state index contributed by atoms with van der Waals surface area (Å²) in [6.07, 6.45) is 4.55. The molecule has 0 amide bonds. The molecule has 0 radical (unpaired) electrons. The number of nitrogens with zero attached hydrogens (tertiary/aromatic N) is 2. The Kier molecular flexibility index (Phi) is 3.98. The van der Waals surface area contributed by atoms with E-state index in [-0.39, 0.29) is 24.1 Å². The van der Waals surface area contributed by atoms with Crippen LogP contribution in [-0.2, 0) is 13.6 Å². The van der Waals surface area contributed by atoms with Crippen LogP contribution in [0.4, 0.5) is 0 Å². The van der Waals surface area contributed by atoms with Gasteiger partial charge in [0, 0.05) is 26.2 Å². The lowest BCUT2D eigenvalue weighted by Gasteiger charge is -2.19. The van der Waals surface area contributed by atoms with Crippen molar-refractivity contribution >= 4 is 5.97 Å². The van der Waals surface area contributed by atoms with Crippen LogP contribution in [-0.4, -0.2) is 38.6 Å². The van der Waals surface area contributed by atoms with Crippen LogP contribution in [0.1, 0.15) is 35.3 Å². The quantitative estimate of drug-likeness (QED) is 0.705. The number of rotatable bonds is 5. The zero-order valence-electron chi connectivity index (χ0n) is 10.5. The first-order valence-electron chi connectivity index (χ1n) is 6.22. The third-order valence-corrected chi connectivity index (χ3v) is 3.72. The minimum atomic E-state index is -0.954. The Hall–Kier alpha value is -1.40. The Labute approximate surface area is 106 Å². The van der Waals surface area contributed by atoms with Gasteiger partial charge in [-0.2, -0.15) is 5.10 Å². The highest BCUT2D eigenvalue weighted by atomic mass is 16.4. The van der Waals surface area contributed by atoms with Crippen LogP contribution in [0.3, 0.4) is 0 Å². The Balaban J connectivity index is 2.01. The lowest BCUT2D eigenvalue weighted by atomic mass is 10.0. The molecule has 1 fully saturated rings. The molecule has 1 heterocycles. The first-order chi connectivity index (χ1) is 8.63. The van der Waals surface area contributed by atoms with E-state index < -0.39 is 5.97 Å². The standard InChI is InChI=1S/C12H19N3O3/c1-15-11(9(5-14-15)12(17)18)6-13-10-4-2-3-8(10)7-16/h5,8,10,13,16H,2-4,6-7H2,1H3,(H,17,18). The molecule has 1 aromatic heterocycles. The zero-order chi connectivity index (χ0) is 13.1. The fourth-order valence-corrected chi connectivity index (χ4v) is 2.60. The number of nitrogens with one attached hydrogen (secondary N) is 1. The van der Waals surface area contributed by atoms with Gasteiger partial charge in [0.05, 0.1) is 11.9 Å². The largest absolute Gasteiger partial charge is 0.478 e. The van der Waals surface area contributed by atoms with Crippen molar-refractivity contribution in [3.8, 4) is 0 Å². The molecule has 0 aliphatic heterocycles. The lowest BCUT2D eigenvalue weighted by Crippen LogP contribution is -2.34. The van der Waals surface area contributed by atoms with E-state index in [4.69, 9.17) is 5.11 Å². The minimum Gasteiger partial charge on any atom is -0.478 e. The molecule has 100 valence electrons. The van der Waals surface area contributed by atoms with E-state index in [1.165, 1.54) is 6.20 Å². The topological polar surface area (TPSA) is 87.4 Å². The number of aryl methyl sites for hydroxylation is 1. The van der Waals surface area contributed by atoms with E-state index in [1.54, 1.807) is 11.7 Å². The Morgan fingerprint density at radius 2 is 2.39 bits per heavy atom. The molecule has 0 saturated heterocycles. The van der Waals surface area contributed by atoms with Crippen LogP contribution in [0.15, 0.2) is 6.20 Å². The molecule has 1 saturated carbocycles. The number of hydrogen-bond acceptors (Lipinski definition) is 4. The summed E-state index contributed by atoms with van der Waals surface area (Å²) in [5, 5.41) is 25.6. The van der Waals surface area contributed by atoms with E-state index >= 15 is 0 Å². The minimum absolute atomic E-state index is 0.189.